The molecule has 0 saturated carbocycles. The molecule has 0 atom stereocenters. The number of hydrogen-bond donors (Lipinski definition) is 0. The van der Waals surface area contributed by atoms with Gasteiger partial charge in [0.15, 0.2) is 0 Å². The average Bonchev–Trinajstić information content (AvgIpc) is 2.48. The van der Waals surface area contributed by atoms with Crippen molar-refractivity contribution in [3.05, 3.63) is 65.6 Å². The van der Waals surface area contributed by atoms with Crippen LogP contribution in [0.3, 0.4) is 0 Å². The van der Waals surface area contributed by atoms with Gasteiger partial charge in [-0.05, 0) is 31.2 Å². The first-order chi connectivity index (χ1) is 9.70. The van der Waals surface area contributed by atoms with E-state index in [1.54, 1.807) is 12.1 Å². The fourth-order valence-corrected chi connectivity index (χ4v) is 2.36. The number of aromatic nitrogens is 1. The second kappa shape index (κ2) is 4.75. The molecule has 0 bridgehead atoms. The fourth-order valence-electron chi connectivity index (χ4n) is 2.36. The van der Waals surface area contributed by atoms with Crippen molar-refractivity contribution < 1.29 is 4.39 Å². The number of hydrogen-bond acceptors (Lipinski definition) is 2. The zero-order valence-electron chi connectivity index (χ0n) is 10.9. The Morgan fingerprint density at radius 3 is 2.30 bits per heavy atom. The number of nitrogens with zero attached hydrogens (tertiary/aromatic N) is 2. The molecule has 0 spiro atoms. The van der Waals surface area contributed by atoms with Crippen molar-refractivity contribution in [2.75, 3.05) is 0 Å². The normalized spacial score (nSPS) is 10.4. The summed E-state index contributed by atoms with van der Waals surface area (Å²) >= 11 is 0. The lowest BCUT2D eigenvalue weighted by molar-refractivity contribution is 0.628. The van der Waals surface area contributed by atoms with E-state index in [1.807, 2.05) is 31.2 Å². The third kappa shape index (κ3) is 1.92. The average molecular weight is 262 g/mol. The molecule has 96 valence electrons. The number of nitriles is 1. The van der Waals surface area contributed by atoms with Crippen molar-refractivity contribution >= 4 is 10.8 Å². The third-order valence-corrected chi connectivity index (χ3v) is 3.33. The van der Waals surface area contributed by atoms with E-state index in [1.165, 1.54) is 12.1 Å². The smallest absolute Gasteiger partial charge is 0.123 e. The van der Waals surface area contributed by atoms with Gasteiger partial charge in [-0.3, -0.25) is 4.98 Å². The Labute approximate surface area is 116 Å². The van der Waals surface area contributed by atoms with Gasteiger partial charge in [-0.2, -0.15) is 5.26 Å². The number of aryl methyl sites for hydroxylation is 1. The molecule has 0 fully saturated rings. The Kier molecular flexibility index (Phi) is 2.92. The molecular weight excluding hydrogens is 251 g/mol. The number of fused-ring (bicyclic) bond motifs is 1. The summed E-state index contributed by atoms with van der Waals surface area (Å²) in [6.45, 7) is 1.91. The predicted molar refractivity (Wildman–Crippen MR) is 76.6 cm³/mol. The standard InChI is InChI=1S/C17H11FN2/c1-11-14-4-2-3-5-15(14)16(10-19)17(20-11)12-6-8-13(18)9-7-12/h2-9H,1H3. The highest BCUT2D eigenvalue weighted by Gasteiger charge is 2.13. The highest BCUT2D eigenvalue weighted by molar-refractivity contribution is 5.94. The molecule has 0 radical (unpaired) electrons. The van der Waals surface area contributed by atoms with Gasteiger partial charge >= 0.3 is 0 Å². The molecule has 3 heteroatoms. The second-order valence-corrected chi connectivity index (χ2v) is 4.59. The molecule has 0 N–H and O–H groups in total. The van der Waals surface area contributed by atoms with Crippen LogP contribution in [-0.2, 0) is 0 Å². The van der Waals surface area contributed by atoms with Gasteiger partial charge in [0.1, 0.15) is 11.9 Å². The van der Waals surface area contributed by atoms with Gasteiger partial charge in [-0.1, -0.05) is 24.3 Å². The minimum atomic E-state index is -0.301. The molecule has 0 aliphatic rings. The number of pyridine rings is 1. The molecule has 0 saturated heterocycles. The molecule has 2 aromatic carbocycles. The van der Waals surface area contributed by atoms with Crippen molar-refractivity contribution in [1.29, 1.82) is 5.26 Å². The Balaban J connectivity index is 2.36. The summed E-state index contributed by atoms with van der Waals surface area (Å²) in [5, 5.41) is 11.3. The van der Waals surface area contributed by atoms with Gasteiger partial charge in [0.05, 0.1) is 11.3 Å². The van der Waals surface area contributed by atoms with Crippen LogP contribution in [-0.4, -0.2) is 4.98 Å². The summed E-state index contributed by atoms with van der Waals surface area (Å²) in [5.74, 6) is -0.301. The van der Waals surface area contributed by atoms with Crippen molar-refractivity contribution in [3.63, 3.8) is 0 Å². The molecule has 0 amide bonds. The van der Waals surface area contributed by atoms with E-state index in [-0.39, 0.29) is 5.82 Å². The lowest BCUT2D eigenvalue weighted by Crippen LogP contribution is -1.95. The van der Waals surface area contributed by atoms with Gasteiger partial charge in [-0.15, -0.1) is 0 Å². The van der Waals surface area contributed by atoms with Crippen molar-refractivity contribution in [1.82, 2.24) is 4.98 Å². The molecule has 2 nitrogen and oxygen atoms in total. The van der Waals surface area contributed by atoms with Gasteiger partial charge < -0.3 is 0 Å². The van der Waals surface area contributed by atoms with E-state index in [0.29, 0.717) is 11.3 Å². The topological polar surface area (TPSA) is 36.7 Å². The summed E-state index contributed by atoms with van der Waals surface area (Å²) in [6, 6.07) is 16.0. The largest absolute Gasteiger partial charge is 0.251 e. The maximum absolute atomic E-state index is 13.0. The molecule has 3 rings (SSSR count). The molecule has 0 aliphatic carbocycles. The molecule has 20 heavy (non-hydrogen) atoms. The minimum Gasteiger partial charge on any atom is -0.251 e. The second-order valence-electron chi connectivity index (χ2n) is 4.59. The Bertz CT molecular complexity index is 830. The van der Waals surface area contributed by atoms with Crippen LogP contribution in [0.5, 0.6) is 0 Å². The zero-order chi connectivity index (χ0) is 14.1. The summed E-state index contributed by atoms with van der Waals surface area (Å²) < 4.78 is 13.0. The van der Waals surface area contributed by atoms with E-state index in [2.05, 4.69) is 11.1 Å². The highest BCUT2D eigenvalue weighted by Crippen LogP contribution is 2.29. The van der Waals surface area contributed by atoms with Gasteiger partial charge in [0.25, 0.3) is 0 Å². The SMILES string of the molecule is Cc1nc(-c2ccc(F)cc2)c(C#N)c2ccccc12. The molecule has 0 unspecified atom stereocenters. The van der Waals surface area contributed by atoms with Gasteiger partial charge in [0, 0.05) is 22.0 Å². The fraction of sp³-hybridized carbons (Fsp3) is 0.0588. The molecule has 0 aliphatic heterocycles. The number of rotatable bonds is 1. The maximum atomic E-state index is 13.0. The first kappa shape index (κ1) is 12.3. The monoisotopic (exact) mass is 262 g/mol. The van der Waals surface area contributed by atoms with E-state index in [0.717, 1.165) is 22.0 Å². The van der Waals surface area contributed by atoms with Crippen LogP contribution in [0.15, 0.2) is 48.5 Å². The maximum Gasteiger partial charge on any atom is 0.123 e. The highest BCUT2D eigenvalue weighted by atomic mass is 19.1. The minimum absolute atomic E-state index is 0.301. The van der Waals surface area contributed by atoms with E-state index in [4.69, 9.17) is 0 Å². The van der Waals surface area contributed by atoms with E-state index >= 15 is 0 Å². The first-order valence-electron chi connectivity index (χ1n) is 6.26. The molecular formula is C17H11FN2. The summed E-state index contributed by atoms with van der Waals surface area (Å²) in [4.78, 5) is 4.53. The number of benzene rings is 2. The molecule has 1 heterocycles. The van der Waals surface area contributed by atoms with Crippen LogP contribution in [0.2, 0.25) is 0 Å². The van der Waals surface area contributed by atoms with Crippen LogP contribution in [0.4, 0.5) is 4.39 Å². The molecule has 3 aromatic rings. The van der Waals surface area contributed by atoms with Crippen LogP contribution < -0.4 is 0 Å². The summed E-state index contributed by atoms with van der Waals surface area (Å²) in [5.41, 5.74) is 2.73. The Morgan fingerprint density at radius 2 is 1.65 bits per heavy atom. The van der Waals surface area contributed by atoms with Gasteiger partial charge in [-0.25, -0.2) is 4.39 Å². The lowest BCUT2D eigenvalue weighted by atomic mass is 9.99. The Hall–Kier alpha value is -2.73. The third-order valence-electron chi connectivity index (χ3n) is 3.33. The lowest BCUT2D eigenvalue weighted by Gasteiger charge is -2.09. The van der Waals surface area contributed by atoms with E-state index in [9.17, 15) is 9.65 Å². The number of halogens is 1. The quantitative estimate of drug-likeness (QED) is 0.658. The molecule has 1 aromatic heterocycles. The van der Waals surface area contributed by atoms with Crippen LogP contribution in [0.25, 0.3) is 22.0 Å². The zero-order valence-corrected chi connectivity index (χ0v) is 10.9. The van der Waals surface area contributed by atoms with Crippen LogP contribution in [0.1, 0.15) is 11.3 Å². The van der Waals surface area contributed by atoms with Gasteiger partial charge in [0.2, 0.25) is 0 Å². The first-order valence-corrected chi connectivity index (χ1v) is 6.26. The van der Waals surface area contributed by atoms with Crippen LogP contribution in [0, 0.1) is 24.1 Å². The summed E-state index contributed by atoms with van der Waals surface area (Å²) in [6.07, 6.45) is 0. The van der Waals surface area contributed by atoms with Crippen molar-refractivity contribution in [2.24, 2.45) is 0 Å². The Morgan fingerprint density at radius 1 is 1.00 bits per heavy atom. The predicted octanol–water partition coefficient (Wildman–Crippen LogP) is 4.22. The van der Waals surface area contributed by atoms with Crippen molar-refractivity contribution in [3.8, 4) is 17.3 Å². The van der Waals surface area contributed by atoms with Crippen LogP contribution >= 0.6 is 0 Å². The summed E-state index contributed by atoms with van der Waals surface area (Å²) in [7, 11) is 0. The van der Waals surface area contributed by atoms with Crippen molar-refractivity contribution in [2.45, 2.75) is 6.92 Å². The van der Waals surface area contributed by atoms with E-state index < -0.39 is 0 Å².